The van der Waals surface area contributed by atoms with Gasteiger partial charge in [-0.05, 0) is 20.3 Å². The highest BCUT2D eigenvalue weighted by Gasteiger charge is 2.39. The molecule has 3 nitrogen and oxygen atoms in total. The van der Waals surface area contributed by atoms with Gasteiger partial charge in [0.2, 0.25) is 0 Å². The zero-order valence-electron chi connectivity index (χ0n) is 8.68. The molecule has 2 saturated heterocycles. The highest BCUT2D eigenvalue weighted by atomic mass is 16.5. The maximum atomic E-state index is 5.55. The van der Waals surface area contributed by atoms with Crippen molar-refractivity contribution in [1.82, 2.24) is 10.2 Å². The molecule has 2 rings (SSSR count). The van der Waals surface area contributed by atoms with E-state index in [4.69, 9.17) is 4.74 Å². The molecule has 2 aliphatic rings. The van der Waals surface area contributed by atoms with E-state index in [2.05, 4.69) is 24.1 Å². The van der Waals surface area contributed by atoms with Crippen molar-refractivity contribution in [2.45, 2.75) is 31.8 Å². The summed E-state index contributed by atoms with van der Waals surface area (Å²) in [5.41, 5.74) is 0.280. The first-order valence-electron chi connectivity index (χ1n) is 5.29. The number of ether oxygens (including phenoxy) is 1. The fourth-order valence-corrected chi connectivity index (χ4v) is 2.31. The third-order valence-electron chi connectivity index (χ3n) is 3.24. The molecular formula is C10H20N2O. The van der Waals surface area contributed by atoms with Crippen LogP contribution in [-0.2, 0) is 4.74 Å². The van der Waals surface area contributed by atoms with Crippen LogP contribution in [0.3, 0.4) is 0 Å². The molecule has 13 heavy (non-hydrogen) atoms. The van der Waals surface area contributed by atoms with Crippen molar-refractivity contribution in [1.29, 1.82) is 0 Å². The second kappa shape index (κ2) is 3.56. The van der Waals surface area contributed by atoms with Crippen LogP contribution in [0.25, 0.3) is 0 Å². The summed E-state index contributed by atoms with van der Waals surface area (Å²) >= 11 is 0. The van der Waals surface area contributed by atoms with Crippen LogP contribution < -0.4 is 5.32 Å². The highest BCUT2D eigenvalue weighted by molar-refractivity contribution is 4.99. The maximum Gasteiger partial charge on any atom is 0.0662 e. The van der Waals surface area contributed by atoms with E-state index in [1.165, 1.54) is 13.0 Å². The molecule has 1 spiro atoms. The fourth-order valence-electron chi connectivity index (χ4n) is 2.31. The van der Waals surface area contributed by atoms with Gasteiger partial charge in [-0.25, -0.2) is 0 Å². The summed E-state index contributed by atoms with van der Waals surface area (Å²) in [5, 5.41) is 3.61. The van der Waals surface area contributed by atoms with Crippen LogP contribution in [0.15, 0.2) is 0 Å². The Balaban J connectivity index is 1.94. The van der Waals surface area contributed by atoms with Gasteiger partial charge in [-0.1, -0.05) is 0 Å². The van der Waals surface area contributed by atoms with E-state index >= 15 is 0 Å². The third kappa shape index (κ3) is 1.87. The summed E-state index contributed by atoms with van der Waals surface area (Å²) in [6.45, 7) is 9.70. The predicted octanol–water partition coefficient (Wildman–Crippen LogP) is 0.459. The van der Waals surface area contributed by atoms with E-state index in [-0.39, 0.29) is 5.54 Å². The summed E-state index contributed by atoms with van der Waals surface area (Å²) in [6.07, 6.45) is 1.24. The van der Waals surface area contributed by atoms with Gasteiger partial charge in [-0.3, -0.25) is 4.90 Å². The van der Waals surface area contributed by atoms with Crippen LogP contribution >= 0.6 is 0 Å². The minimum atomic E-state index is 0.280. The van der Waals surface area contributed by atoms with E-state index in [0.717, 1.165) is 26.3 Å². The van der Waals surface area contributed by atoms with Crippen molar-refractivity contribution in [3.63, 3.8) is 0 Å². The van der Waals surface area contributed by atoms with E-state index in [9.17, 15) is 0 Å². The van der Waals surface area contributed by atoms with Gasteiger partial charge in [0.05, 0.1) is 18.8 Å². The fraction of sp³-hybridized carbons (Fsp3) is 1.00. The topological polar surface area (TPSA) is 24.5 Å². The van der Waals surface area contributed by atoms with Gasteiger partial charge in [0.15, 0.2) is 0 Å². The maximum absolute atomic E-state index is 5.55. The lowest BCUT2D eigenvalue weighted by molar-refractivity contribution is 0.0298. The average molecular weight is 184 g/mol. The second-order valence-corrected chi connectivity index (χ2v) is 4.57. The Morgan fingerprint density at radius 1 is 1.46 bits per heavy atom. The lowest BCUT2D eigenvalue weighted by Crippen LogP contribution is -2.56. The van der Waals surface area contributed by atoms with Crippen molar-refractivity contribution in [2.75, 3.05) is 32.8 Å². The number of nitrogens with one attached hydrogen (secondary N) is 1. The standard InChI is InChI=1S/C10H20N2O/c1-9(2)12-5-3-10(7-12)8-13-6-4-11-10/h9,11H,3-8H2,1-2H3. The van der Waals surface area contributed by atoms with Crippen LogP contribution in [-0.4, -0.2) is 49.3 Å². The smallest absolute Gasteiger partial charge is 0.0662 e. The summed E-state index contributed by atoms with van der Waals surface area (Å²) in [4.78, 5) is 2.53. The normalized spacial score (nSPS) is 36.2. The third-order valence-corrected chi connectivity index (χ3v) is 3.24. The van der Waals surface area contributed by atoms with Crippen LogP contribution in [0, 0.1) is 0 Å². The summed E-state index contributed by atoms with van der Waals surface area (Å²) in [6, 6.07) is 0.670. The van der Waals surface area contributed by atoms with Gasteiger partial charge >= 0.3 is 0 Å². The Labute approximate surface area is 80.4 Å². The molecule has 3 heteroatoms. The zero-order valence-corrected chi connectivity index (χ0v) is 8.68. The Morgan fingerprint density at radius 2 is 2.31 bits per heavy atom. The van der Waals surface area contributed by atoms with Gasteiger partial charge in [0, 0.05) is 25.7 Å². The molecule has 76 valence electrons. The molecule has 0 aromatic carbocycles. The molecule has 0 aliphatic carbocycles. The van der Waals surface area contributed by atoms with Crippen molar-refractivity contribution in [3.05, 3.63) is 0 Å². The molecule has 1 atom stereocenters. The monoisotopic (exact) mass is 184 g/mol. The van der Waals surface area contributed by atoms with Crippen LogP contribution in [0.5, 0.6) is 0 Å². The van der Waals surface area contributed by atoms with Crippen LogP contribution in [0.4, 0.5) is 0 Å². The molecular weight excluding hydrogens is 164 g/mol. The summed E-state index contributed by atoms with van der Waals surface area (Å²) in [5.74, 6) is 0. The Bertz CT molecular complexity index is 176. The van der Waals surface area contributed by atoms with Crippen LogP contribution in [0.2, 0.25) is 0 Å². The summed E-state index contributed by atoms with van der Waals surface area (Å²) < 4.78 is 5.55. The SMILES string of the molecule is CC(C)N1CCC2(COCCN2)C1. The largest absolute Gasteiger partial charge is 0.378 e. The Morgan fingerprint density at radius 3 is 2.85 bits per heavy atom. The predicted molar refractivity (Wildman–Crippen MR) is 52.9 cm³/mol. The van der Waals surface area contributed by atoms with E-state index in [0.29, 0.717) is 6.04 Å². The molecule has 1 unspecified atom stereocenters. The lowest BCUT2D eigenvalue weighted by atomic mass is 9.99. The molecule has 1 N–H and O–H groups in total. The van der Waals surface area contributed by atoms with E-state index in [1.54, 1.807) is 0 Å². The zero-order chi connectivity index (χ0) is 9.31. The number of nitrogens with zero attached hydrogens (tertiary/aromatic N) is 1. The number of likely N-dealkylation sites (tertiary alicyclic amines) is 1. The van der Waals surface area contributed by atoms with E-state index in [1.807, 2.05) is 0 Å². The van der Waals surface area contributed by atoms with Gasteiger partial charge < -0.3 is 10.1 Å². The minimum absolute atomic E-state index is 0.280. The van der Waals surface area contributed by atoms with Crippen molar-refractivity contribution >= 4 is 0 Å². The molecule has 0 bridgehead atoms. The first-order valence-corrected chi connectivity index (χ1v) is 5.29. The number of morpholine rings is 1. The first kappa shape index (κ1) is 9.44. The van der Waals surface area contributed by atoms with Crippen molar-refractivity contribution in [3.8, 4) is 0 Å². The van der Waals surface area contributed by atoms with E-state index < -0.39 is 0 Å². The van der Waals surface area contributed by atoms with Gasteiger partial charge in [-0.15, -0.1) is 0 Å². The Hall–Kier alpha value is -0.120. The quantitative estimate of drug-likeness (QED) is 0.641. The number of rotatable bonds is 1. The lowest BCUT2D eigenvalue weighted by Gasteiger charge is -2.35. The van der Waals surface area contributed by atoms with Crippen LogP contribution in [0.1, 0.15) is 20.3 Å². The van der Waals surface area contributed by atoms with Gasteiger partial charge in [-0.2, -0.15) is 0 Å². The first-order chi connectivity index (χ1) is 6.22. The van der Waals surface area contributed by atoms with Gasteiger partial charge in [0.1, 0.15) is 0 Å². The molecule has 2 heterocycles. The number of hydrogen-bond acceptors (Lipinski definition) is 3. The summed E-state index contributed by atoms with van der Waals surface area (Å²) in [7, 11) is 0. The van der Waals surface area contributed by atoms with Crippen molar-refractivity contribution < 1.29 is 4.74 Å². The average Bonchev–Trinajstić information content (AvgIpc) is 2.51. The number of hydrogen-bond donors (Lipinski definition) is 1. The molecule has 0 aromatic rings. The molecule has 0 aromatic heterocycles. The molecule has 2 fully saturated rings. The molecule has 0 saturated carbocycles. The second-order valence-electron chi connectivity index (χ2n) is 4.57. The minimum Gasteiger partial charge on any atom is -0.378 e. The molecule has 0 amide bonds. The molecule has 0 radical (unpaired) electrons. The van der Waals surface area contributed by atoms with Crippen molar-refractivity contribution in [2.24, 2.45) is 0 Å². The highest BCUT2D eigenvalue weighted by Crippen LogP contribution is 2.24. The molecule has 2 aliphatic heterocycles. The Kier molecular flexibility index (Phi) is 2.58. The van der Waals surface area contributed by atoms with Gasteiger partial charge in [0.25, 0.3) is 0 Å².